The van der Waals surface area contributed by atoms with Crippen molar-refractivity contribution in [3.63, 3.8) is 0 Å². The van der Waals surface area contributed by atoms with Crippen LogP contribution in [0, 0.1) is 46.3 Å². The van der Waals surface area contributed by atoms with Crippen molar-refractivity contribution in [3.8, 4) is 0 Å². The molecule has 0 heterocycles. The van der Waals surface area contributed by atoms with E-state index in [1.165, 1.54) is 0 Å². The van der Waals surface area contributed by atoms with E-state index in [1.807, 2.05) is 13.8 Å². The van der Waals surface area contributed by atoms with Crippen LogP contribution in [0.4, 0.5) is 0 Å². The molecule has 0 radical (unpaired) electrons. The van der Waals surface area contributed by atoms with Gasteiger partial charge in [0.1, 0.15) is 5.78 Å². The van der Waals surface area contributed by atoms with Gasteiger partial charge in [0.15, 0.2) is 0 Å². The first-order valence-electron chi connectivity index (χ1n) is 13.7. The predicted molar refractivity (Wildman–Crippen MR) is 131 cm³/mol. The summed E-state index contributed by atoms with van der Waals surface area (Å²) in [5.74, 6) is 2.32. The molecule has 0 aliphatic heterocycles. The Balaban J connectivity index is 1.47. The number of aliphatic hydroxyl groups is 3. The van der Waals surface area contributed by atoms with Gasteiger partial charge in [-0.1, -0.05) is 20.8 Å². The standard InChI is InChI=1S/C28H49NO4/c1-17(7-6-12-29-26(2,3)16-30)20-8-9-21-25-22(15-24(33)28(20,21)5)27(4)11-10-19(31)13-18(27)14-23(25)32/h17-22,24-25,29-31,33H,6-16H2,1-5H3/t17-,18+,19-,20-,21?,22?,24+,25?,27+,28-/m1/s1. The minimum atomic E-state index is -0.347. The van der Waals surface area contributed by atoms with E-state index in [0.29, 0.717) is 30.0 Å². The lowest BCUT2D eigenvalue weighted by molar-refractivity contribution is -0.182. The van der Waals surface area contributed by atoms with Gasteiger partial charge in [-0.05, 0) is 107 Å². The maximum absolute atomic E-state index is 13.5. The Morgan fingerprint density at radius 3 is 2.55 bits per heavy atom. The van der Waals surface area contributed by atoms with Crippen molar-refractivity contribution in [1.82, 2.24) is 5.32 Å². The number of carbonyl (C=O) groups excluding carboxylic acids is 1. The van der Waals surface area contributed by atoms with Crippen molar-refractivity contribution in [2.24, 2.45) is 46.3 Å². The highest BCUT2D eigenvalue weighted by atomic mass is 16.3. The zero-order chi connectivity index (χ0) is 24.2. The summed E-state index contributed by atoms with van der Waals surface area (Å²) in [4.78, 5) is 13.5. The SMILES string of the molecule is C[C@H](CCCNC(C)(C)CO)[C@H]1CCC2C3C(=O)C[C@@H]4C[C@H](O)CC[C@]4(C)C3C[C@H](O)[C@@]21C. The molecular formula is C28H49NO4. The van der Waals surface area contributed by atoms with Crippen molar-refractivity contribution in [3.05, 3.63) is 0 Å². The molecule has 0 saturated heterocycles. The van der Waals surface area contributed by atoms with Gasteiger partial charge in [0, 0.05) is 23.3 Å². The molecule has 4 aliphatic carbocycles. The van der Waals surface area contributed by atoms with Gasteiger partial charge in [0.05, 0.1) is 18.8 Å². The molecule has 0 aromatic carbocycles. The van der Waals surface area contributed by atoms with Gasteiger partial charge in [-0.15, -0.1) is 0 Å². The van der Waals surface area contributed by atoms with Gasteiger partial charge < -0.3 is 20.6 Å². The molecule has 5 nitrogen and oxygen atoms in total. The van der Waals surface area contributed by atoms with E-state index in [0.717, 1.165) is 57.9 Å². The Hall–Kier alpha value is -0.490. The van der Waals surface area contributed by atoms with Crippen molar-refractivity contribution in [2.75, 3.05) is 13.2 Å². The van der Waals surface area contributed by atoms with Crippen molar-refractivity contribution < 1.29 is 20.1 Å². The van der Waals surface area contributed by atoms with Crippen LogP contribution >= 0.6 is 0 Å². The predicted octanol–water partition coefficient (Wildman–Crippen LogP) is 3.93. The largest absolute Gasteiger partial charge is 0.394 e. The maximum Gasteiger partial charge on any atom is 0.136 e. The number of carbonyl (C=O) groups is 1. The van der Waals surface area contributed by atoms with Gasteiger partial charge in [-0.2, -0.15) is 0 Å². The summed E-state index contributed by atoms with van der Waals surface area (Å²) >= 11 is 0. The van der Waals surface area contributed by atoms with Crippen LogP contribution in [0.5, 0.6) is 0 Å². The fourth-order valence-electron chi connectivity index (χ4n) is 8.95. The van der Waals surface area contributed by atoms with Crippen LogP contribution in [0.2, 0.25) is 0 Å². The molecular weight excluding hydrogens is 414 g/mol. The molecule has 190 valence electrons. The summed E-state index contributed by atoms with van der Waals surface area (Å²) < 4.78 is 0. The van der Waals surface area contributed by atoms with Crippen molar-refractivity contribution >= 4 is 5.78 Å². The normalized spacial score (nSPS) is 46.4. The summed E-state index contributed by atoms with van der Waals surface area (Å²) in [6, 6.07) is 0. The summed E-state index contributed by atoms with van der Waals surface area (Å²) in [5.41, 5.74) is -0.340. The van der Waals surface area contributed by atoms with Gasteiger partial charge in [0.2, 0.25) is 0 Å². The highest BCUT2D eigenvalue weighted by Crippen LogP contribution is 2.67. The lowest BCUT2D eigenvalue weighted by Crippen LogP contribution is -2.61. The van der Waals surface area contributed by atoms with E-state index in [4.69, 9.17) is 0 Å². The third-order valence-electron chi connectivity index (χ3n) is 11.1. The summed E-state index contributed by atoms with van der Waals surface area (Å²) in [7, 11) is 0. The fraction of sp³-hybridized carbons (Fsp3) is 0.964. The smallest absolute Gasteiger partial charge is 0.136 e. The van der Waals surface area contributed by atoms with Crippen LogP contribution in [-0.2, 0) is 4.79 Å². The molecule has 0 amide bonds. The second-order valence-corrected chi connectivity index (χ2v) is 13.4. The number of aliphatic hydroxyl groups excluding tert-OH is 3. The minimum Gasteiger partial charge on any atom is -0.394 e. The third-order valence-corrected chi connectivity index (χ3v) is 11.1. The number of ketones is 1. The quantitative estimate of drug-likeness (QED) is 0.430. The van der Waals surface area contributed by atoms with Crippen LogP contribution < -0.4 is 5.32 Å². The molecule has 0 spiro atoms. The highest BCUT2D eigenvalue weighted by Gasteiger charge is 2.65. The first-order valence-corrected chi connectivity index (χ1v) is 13.7. The number of hydrogen-bond acceptors (Lipinski definition) is 5. The Kier molecular flexibility index (Phi) is 7.12. The van der Waals surface area contributed by atoms with E-state index in [2.05, 4.69) is 26.1 Å². The lowest BCUT2D eigenvalue weighted by atomic mass is 9.43. The minimum absolute atomic E-state index is 0.0784. The van der Waals surface area contributed by atoms with Crippen molar-refractivity contribution in [1.29, 1.82) is 0 Å². The second-order valence-electron chi connectivity index (χ2n) is 13.4. The molecule has 4 rings (SSSR count). The molecule has 4 aliphatic rings. The number of rotatable bonds is 7. The monoisotopic (exact) mass is 463 g/mol. The average Bonchev–Trinajstić information content (AvgIpc) is 3.12. The molecule has 0 aromatic heterocycles. The zero-order valence-electron chi connectivity index (χ0n) is 21.6. The summed E-state index contributed by atoms with van der Waals surface area (Å²) in [5, 5.41) is 34.8. The Labute approximate surface area is 201 Å². The lowest BCUT2D eigenvalue weighted by Gasteiger charge is -2.61. The van der Waals surface area contributed by atoms with E-state index >= 15 is 0 Å². The van der Waals surface area contributed by atoms with Gasteiger partial charge >= 0.3 is 0 Å². The summed E-state index contributed by atoms with van der Waals surface area (Å²) in [6.07, 6.45) is 7.69. The molecule has 4 saturated carbocycles. The number of Topliss-reactive ketones (excluding diaryl/α,β-unsaturated/α-hetero) is 1. The van der Waals surface area contributed by atoms with Crippen LogP contribution in [0.3, 0.4) is 0 Å². The van der Waals surface area contributed by atoms with Crippen molar-refractivity contribution in [2.45, 2.75) is 110 Å². The molecule has 0 bridgehead atoms. The van der Waals surface area contributed by atoms with Gasteiger partial charge in [-0.3, -0.25) is 4.79 Å². The topological polar surface area (TPSA) is 89.8 Å². The van der Waals surface area contributed by atoms with Gasteiger partial charge in [0.25, 0.3) is 0 Å². The van der Waals surface area contributed by atoms with E-state index < -0.39 is 0 Å². The van der Waals surface area contributed by atoms with Gasteiger partial charge in [-0.25, -0.2) is 0 Å². The molecule has 33 heavy (non-hydrogen) atoms. The molecule has 10 atom stereocenters. The second kappa shape index (κ2) is 9.19. The molecule has 4 fully saturated rings. The molecule has 3 unspecified atom stereocenters. The summed E-state index contributed by atoms with van der Waals surface area (Å²) in [6.45, 7) is 12.1. The first-order chi connectivity index (χ1) is 15.4. The van der Waals surface area contributed by atoms with Crippen LogP contribution in [-0.4, -0.2) is 52.0 Å². The molecule has 5 heteroatoms. The molecule has 4 N–H and O–H groups in total. The van der Waals surface area contributed by atoms with Crippen LogP contribution in [0.15, 0.2) is 0 Å². The fourth-order valence-corrected chi connectivity index (χ4v) is 8.95. The average molecular weight is 464 g/mol. The van der Waals surface area contributed by atoms with Crippen LogP contribution in [0.1, 0.15) is 92.4 Å². The van der Waals surface area contributed by atoms with E-state index in [1.54, 1.807) is 0 Å². The van der Waals surface area contributed by atoms with E-state index in [9.17, 15) is 20.1 Å². The van der Waals surface area contributed by atoms with E-state index in [-0.39, 0.29) is 52.9 Å². The van der Waals surface area contributed by atoms with Crippen LogP contribution in [0.25, 0.3) is 0 Å². The first kappa shape index (κ1) is 25.6. The number of hydrogen-bond donors (Lipinski definition) is 4. The molecule has 0 aromatic rings. The maximum atomic E-state index is 13.5. The highest BCUT2D eigenvalue weighted by molar-refractivity contribution is 5.83. The zero-order valence-corrected chi connectivity index (χ0v) is 21.6. The third kappa shape index (κ3) is 4.34. The number of nitrogens with one attached hydrogen (secondary N) is 1. The Morgan fingerprint density at radius 2 is 1.85 bits per heavy atom. The Morgan fingerprint density at radius 1 is 1.12 bits per heavy atom. The Bertz CT molecular complexity index is 725. The number of fused-ring (bicyclic) bond motifs is 5.